The molecular formula is C22H33NO3. The molecule has 1 aliphatic heterocycles. The van der Waals surface area contributed by atoms with Gasteiger partial charge in [-0.1, -0.05) is 24.6 Å². The van der Waals surface area contributed by atoms with Crippen LogP contribution in [0, 0.1) is 5.92 Å². The van der Waals surface area contributed by atoms with Gasteiger partial charge in [0.05, 0.1) is 20.3 Å². The van der Waals surface area contributed by atoms with Gasteiger partial charge in [-0.3, -0.25) is 0 Å². The molecule has 2 fully saturated rings. The smallest absolute Gasteiger partial charge is 0.171 e. The Morgan fingerprint density at radius 3 is 2.69 bits per heavy atom. The van der Waals surface area contributed by atoms with E-state index < -0.39 is 0 Å². The van der Waals surface area contributed by atoms with E-state index in [9.17, 15) is 0 Å². The van der Waals surface area contributed by atoms with Crippen molar-refractivity contribution < 1.29 is 14.2 Å². The summed E-state index contributed by atoms with van der Waals surface area (Å²) >= 11 is 0. The van der Waals surface area contributed by atoms with Crippen molar-refractivity contribution in [3.05, 3.63) is 42.5 Å². The van der Waals surface area contributed by atoms with Crippen LogP contribution in [0.3, 0.4) is 0 Å². The molecule has 0 aromatic heterocycles. The van der Waals surface area contributed by atoms with Gasteiger partial charge in [0.2, 0.25) is 0 Å². The predicted molar refractivity (Wildman–Crippen MR) is 104 cm³/mol. The second-order valence-corrected chi connectivity index (χ2v) is 7.40. The highest BCUT2D eigenvalue weighted by atomic mass is 16.7. The lowest BCUT2D eigenvalue weighted by molar-refractivity contribution is -0.306. The zero-order chi connectivity index (χ0) is 18.2. The summed E-state index contributed by atoms with van der Waals surface area (Å²) in [5.74, 6) is 1.07. The zero-order valence-electron chi connectivity index (χ0n) is 16.0. The maximum Gasteiger partial charge on any atom is 0.171 e. The largest absolute Gasteiger partial charge is 0.497 e. The first-order valence-corrected chi connectivity index (χ1v) is 10.0. The fraction of sp³-hybridized carbons (Fsp3) is 0.636. The van der Waals surface area contributed by atoms with Crippen molar-refractivity contribution in [3.63, 3.8) is 0 Å². The first-order valence-electron chi connectivity index (χ1n) is 10.0. The van der Waals surface area contributed by atoms with Crippen LogP contribution in [0.4, 0.5) is 0 Å². The molecule has 0 bridgehead atoms. The molecule has 1 N–H and O–H groups in total. The summed E-state index contributed by atoms with van der Waals surface area (Å²) in [4.78, 5) is 0. The van der Waals surface area contributed by atoms with E-state index in [0.717, 1.165) is 51.2 Å². The van der Waals surface area contributed by atoms with E-state index in [1.54, 1.807) is 7.11 Å². The Morgan fingerprint density at radius 2 is 2.00 bits per heavy atom. The lowest BCUT2D eigenvalue weighted by atomic mass is 9.80. The molecule has 0 amide bonds. The van der Waals surface area contributed by atoms with Gasteiger partial charge in [0.1, 0.15) is 5.75 Å². The summed E-state index contributed by atoms with van der Waals surface area (Å²) < 4.78 is 17.6. The number of benzene rings is 1. The van der Waals surface area contributed by atoms with Gasteiger partial charge in [0.15, 0.2) is 5.79 Å². The molecule has 1 aromatic rings. The average Bonchev–Trinajstić information content (AvgIpc) is 2.69. The minimum atomic E-state index is -0.313. The quantitative estimate of drug-likeness (QED) is 0.688. The second-order valence-electron chi connectivity index (χ2n) is 7.40. The van der Waals surface area contributed by atoms with Crippen LogP contribution in [0.15, 0.2) is 36.9 Å². The van der Waals surface area contributed by atoms with Crippen LogP contribution in [-0.4, -0.2) is 32.7 Å². The van der Waals surface area contributed by atoms with Gasteiger partial charge in [-0.15, -0.1) is 6.58 Å². The standard InChI is InChI=1S/C22H33NO3/c1-3-7-21(18-9-11-20(24-2)12-10-18)23-15-13-19-8-4-5-14-22(19)25-16-6-17-26-22/h3,9-12,19,21,23H,1,4-8,13-17H2,2H3. The van der Waals surface area contributed by atoms with Gasteiger partial charge in [0, 0.05) is 18.4 Å². The van der Waals surface area contributed by atoms with Crippen LogP contribution in [0.25, 0.3) is 0 Å². The van der Waals surface area contributed by atoms with Crippen molar-refractivity contribution in [2.75, 3.05) is 26.9 Å². The van der Waals surface area contributed by atoms with Crippen molar-refractivity contribution >= 4 is 0 Å². The van der Waals surface area contributed by atoms with Crippen molar-refractivity contribution in [2.24, 2.45) is 5.92 Å². The molecule has 1 aromatic carbocycles. The maximum atomic E-state index is 6.15. The molecule has 2 aliphatic rings. The molecular weight excluding hydrogens is 326 g/mol. The molecule has 1 aliphatic carbocycles. The average molecular weight is 360 g/mol. The highest BCUT2D eigenvalue weighted by molar-refractivity contribution is 5.29. The van der Waals surface area contributed by atoms with E-state index >= 15 is 0 Å². The monoisotopic (exact) mass is 359 g/mol. The Labute approximate surface area is 157 Å². The molecule has 1 saturated heterocycles. The summed E-state index contributed by atoms with van der Waals surface area (Å²) in [6.45, 7) is 6.57. The molecule has 144 valence electrons. The van der Waals surface area contributed by atoms with Crippen molar-refractivity contribution in [1.82, 2.24) is 5.32 Å². The van der Waals surface area contributed by atoms with Crippen LogP contribution in [0.5, 0.6) is 5.75 Å². The summed E-state index contributed by atoms with van der Waals surface area (Å²) in [5, 5.41) is 3.72. The third kappa shape index (κ3) is 4.67. The molecule has 26 heavy (non-hydrogen) atoms. The van der Waals surface area contributed by atoms with E-state index in [2.05, 4.69) is 24.0 Å². The number of hydrogen-bond donors (Lipinski definition) is 1. The number of rotatable bonds is 8. The highest BCUT2D eigenvalue weighted by Gasteiger charge is 2.43. The van der Waals surface area contributed by atoms with Gasteiger partial charge < -0.3 is 19.5 Å². The first kappa shape index (κ1) is 19.4. The Hall–Kier alpha value is -1.36. The lowest BCUT2D eigenvalue weighted by Gasteiger charge is -2.46. The lowest BCUT2D eigenvalue weighted by Crippen LogP contribution is -2.49. The summed E-state index contributed by atoms with van der Waals surface area (Å²) in [6, 6.07) is 8.59. The fourth-order valence-electron chi connectivity index (χ4n) is 4.29. The fourth-order valence-corrected chi connectivity index (χ4v) is 4.29. The number of nitrogens with one attached hydrogen (secondary N) is 1. The van der Waals surface area contributed by atoms with Crippen LogP contribution >= 0.6 is 0 Å². The van der Waals surface area contributed by atoms with Crippen molar-refractivity contribution in [3.8, 4) is 5.75 Å². The molecule has 3 rings (SSSR count). The van der Waals surface area contributed by atoms with E-state index in [1.165, 1.54) is 24.8 Å². The van der Waals surface area contributed by atoms with E-state index in [4.69, 9.17) is 14.2 Å². The normalized spacial score (nSPS) is 23.5. The van der Waals surface area contributed by atoms with Gasteiger partial charge in [-0.25, -0.2) is 0 Å². The maximum absolute atomic E-state index is 6.15. The van der Waals surface area contributed by atoms with Crippen LogP contribution < -0.4 is 10.1 Å². The molecule has 0 radical (unpaired) electrons. The van der Waals surface area contributed by atoms with Crippen molar-refractivity contribution in [1.29, 1.82) is 0 Å². The number of ether oxygens (including phenoxy) is 3. The molecule has 1 spiro atoms. The van der Waals surface area contributed by atoms with Crippen LogP contribution in [-0.2, 0) is 9.47 Å². The molecule has 1 saturated carbocycles. The Kier molecular flexibility index (Phi) is 7.12. The summed E-state index contributed by atoms with van der Waals surface area (Å²) in [6.07, 6.45) is 9.76. The highest BCUT2D eigenvalue weighted by Crippen LogP contribution is 2.41. The van der Waals surface area contributed by atoms with Gasteiger partial charge in [-0.05, 0) is 56.3 Å². The van der Waals surface area contributed by atoms with Gasteiger partial charge >= 0.3 is 0 Å². The number of methoxy groups -OCH3 is 1. The minimum Gasteiger partial charge on any atom is -0.497 e. The second kappa shape index (κ2) is 9.54. The van der Waals surface area contributed by atoms with Crippen LogP contribution in [0.2, 0.25) is 0 Å². The van der Waals surface area contributed by atoms with Gasteiger partial charge in [-0.2, -0.15) is 0 Å². The zero-order valence-corrected chi connectivity index (χ0v) is 16.0. The molecule has 4 nitrogen and oxygen atoms in total. The Morgan fingerprint density at radius 1 is 1.23 bits per heavy atom. The molecule has 2 unspecified atom stereocenters. The third-order valence-electron chi connectivity index (χ3n) is 5.74. The van der Waals surface area contributed by atoms with Gasteiger partial charge in [0.25, 0.3) is 0 Å². The van der Waals surface area contributed by atoms with Crippen LogP contribution in [0.1, 0.15) is 56.6 Å². The van der Waals surface area contributed by atoms with E-state index in [1.807, 2.05) is 18.2 Å². The third-order valence-corrected chi connectivity index (χ3v) is 5.74. The van der Waals surface area contributed by atoms with E-state index in [0.29, 0.717) is 5.92 Å². The minimum absolute atomic E-state index is 0.283. The molecule has 4 heteroatoms. The summed E-state index contributed by atoms with van der Waals surface area (Å²) in [5.41, 5.74) is 1.27. The topological polar surface area (TPSA) is 39.7 Å². The van der Waals surface area contributed by atoms with Crippen molar-refractivity contribution in [2.45, 2.75) is 56.8 Å². The SMILES string of the molecule is C=CCC(NCCC1CCCCC12OCCCO2)c1ccc(OC)cc1. The number of hydrogen-bond acceptors (Lipinski definition) is 4. The Bertz CT molecular complexity index is 543. The molecule has 1 heterocycles. The summed E-state index contributed by atoms with van der Waals surface area (Å²) in [7, 11) is 1.70. The predicted octanol–water partition coefficient (Wildman–Crippen LogP) is 4.62. The Balaban J connectivity index is 1.57. The van der Waals surface area contributed by atoms with E-state index in [-0.39, 0.29) is 11.8 Å². The molecule has 2 atom stereocenters. The first-order chi connectivity index (χ1) is 12.8.